The van der Waals surface area contributed by atoms with Gasteiger partial charge in [0.25, 0.3) is 0 Å². The summed E-state index contributed by atoms with van der Waals surface area (Å²) in [5.41, 5.74) is 2.07. The summed E-state index contributed by atoms with van der Waals surface area (Å²) in [5.74, 6) is 3.55. The monoisotopic (exact) mass is 540 g/mol. The number of amides is 3. The lowest BCUT2D eigenvalue weighted by Gasteiger charge is -2.33. The van der Waals surface area contributed by atoms with E-state index in [4.69, 9.17) is 6.42 Å². The molecule has 0 spiro atoms. The van der Waals surface area contributed by atoms with Gasteiger partial charge >= 0.3 is 6.03 Å². The molecule has 1 saturated carbocycles. The van der Waals surface area contributed by atoms with Crippen LogP contribution in [0.15, 0.2) is 18.3 Å². The molecule has 0 radical (unpaired) electrons. The normalized spacial score (nSPS) is 18.4. The van der Waals surface area contributed by atoms with Gasteiger partial charge in [0.15, 0.2) is 6.29 Å². The van der Waals surface area contributed by atoms with E-state index in [1.54, 1.807) is 11.0 Å². The molecule has 11 heteroatoms. The van der Waals surface area contributed by atoms with Crippen molar-refractivity contribution in [2.75, 3.05) is 48.8 Å². The second-order valence-corrected chi connectivity index (χ2v) is 10.7. The highest BCUT2D eigenvalue weighted by Crippen LogP contribution is 2.34. The SMILES string of the molecule is C#CC1(Nc2cc(NC(=O)N3CCCc4cc(CN5CCN(C)CC5=O)c(C=O)nc43)ncc2C#N)CCCC1. The molecular weight excluding hydrogens is 508 g/mol. The number of carbonyl (C=O) groups excluding carboxylic acids is 3. The van der Waals surface area contributed by atoms with Crippen LogP contribution in [0.4, 0.5) is 22.1 Å². The van der Waals surface area contributed by atoms with Gasteiger partial charge in [-0.2, -0.15) is 5.26 Å². The fourth-order valence-corrected chi connectivity index (χ4v) is 5.62. The van der Waals surface area contributed by atoms with Crippen molar-refractivity contribution < 1.29 is 14.4 Å². The minimum absolute atomic E-state index is 0.00851. The number of pyridine rings is 2. The number of carbonyl (C=O) groups is 3. The van der Waals surface area contributed by atoms with Gasteiger partial charge in [0.2, 0.25) is 5.91 Å². The third-order valence-corrected chi connectivity index (χ3v) is 7.87. The molecular formula is C29H32N8O3. The van der Waals surface area contributed by atoms with Gasteiger partial charge < -0.3 is 10.2 Å². The predicted molar refractivity (Wildman–Crippen MR) is 150 cm³/mol. The molecule has 0 bridgehead atoms. The topological polar surface area (TPSA) is 135 Å². The van der Waals surface area contributed by atoms with Crippen molar-refractivity contribution in [3.8, 4) is 18.4 Å². The number of nitrogens with one attached hydrogen (secondary N) is 2. The van der Waals surface area contributed by atoms with Crippen LogP contribution in [0.2, 0.25) is 0 Å². The average molecular weight is 541 g/mol. The Morgan fingerprint density at radius 1 is 1.23 bits per heavy atom. The van der Waals surface area contributed by atoms with Crippen LogP contribution in [-0.4, -0.2) is 76.8 Å². The summed E-state index contributed by atoms with van der Waals surface area (Å²) >= 11 is 0. The number of urea groups is 1. The van der Waals surface area contributed by atoms with Crippen LogP contribution < -0.4 is 15.5 Å². The molecule has 0 unspecified atom stereocenters. The highest BCUT2D eigenvalue weighted by molar-refractivity contribution is 6.02. The highest BCUT2D eigenvalue weighted by Gasteiger charge is 2.33. The van der Waals surface area contributed by atoms with Crippen molar-refractivity contribution >= 4 is 35.5 Å². The number of aldehydes is 1. The first-order valence-corrected chi connectivity index (χ1v) is 13.5. The lowest BCUT2D eigenvalue weighted by Crippen LogP contribution is -2.48. The molecule has 4 heterocycles. The largest absolute Gasteiger partial charge is 0.368 e. The summed E-state index contributed by atoms with van der Waals surface area (Å²) < 4.78 is 0. The zero-order valence-corrected chi connectivity index (χ0v) is 22.6. The van der Waals surface area contributed by atoms with Crippen LogP contribution >= 0.6 is 0 Å². The Labute approximate surface area is 233 Å². The molecule has 3 aliphatic rings. The van der Waals surface area contributed by atoms with E-state index in [0.717, 1.165) is 37.8 Å². The number of fused-ring (bicyclic) bond motifs is 1. The summed E-state index contributed by atoms with van der Waals surface area (Å²) in [7, 11) is 1.90. The second kappa shape index (κ2) is 11.3. The van der Waals surface area contributed by atoms with Crippen molar-refractivity contribution in [3.63, 3.8) is 0 Å². The quantitative estimate of drug-likeness (QED) is 0.422. The number of nitriles is 1. The lowest BCUT2D eigenvalue weighted by molar-refractivity contribution is -0.136. The van der Waals surface area contributed by atoms with E-state index in [1.807, 2.05) is 18.0 Å². The molecule has 40 heavy (non-hydrogen) atoms. The zero-order chi connectivity index (χ0) is 28.3. The van der Waals surface area contributed by atoms with Gasteiger partial charge in [-0.15, -0.1) is 6.42 Å². The van der Waals surface area contributed by atoms with E-state index in [0.29, 0.717) is 67.9 Å². The summed E-state index contributed by atoms with van der Waals surface area (Å²) in [6, 6.07) is 5.20. The van der Waals surface area contributed by atoms with E-state index < -0.39 is 11.6 Å². The molecule has 3 amide bonds. The predicted octanol–water partition coefficient (Wildman–Crippen LogP) is 2.78. The number of rotatable bonds is 6. The van der Waals surface area contributed by atoms with Crippen molar-refractivity contribution in [1.82, 2.24) is 19.8 Å². The van der Waals surface area contributed by atoms with E-state index in [-0.39, 0.29) is 17.4 Å². The summed E-state index contributed by atoms with van der Waals surface area (Å²) in [6.07, 6.45) is 12.9. The first kappa shape index (κ1) is 27.1. The Morgan fingerprint density at radius 3 is 2.73 bits per heavy atom. The van der Waals surface area contributed by atoms with Gasteiger partial charge in [-0.1, -0.05) is 5.92 Å². The van der Waals surface area contributed by atoms with E-state index in [1.165, 1.54) is 11.1 Å². The van der Waals surface area contributed by atoms with Crippen molar-refractivity contribution in [2.45, 2.75) is 50.6 Å². The molecule has 2 aromatic rings. The Bertz CT molecular complexity index is 1420. The third-order valence-electron chi connectivity index (χ3n) is 7.87. The lowest BCUT2D eigenvalue weighted by atomic mass is 9.98. The number of likely N-dealkylation sites (N-methyl/N-ethyl adjacent to an activating group) is 1. The van der Waals surface area contributed by atoms with Crippen LogP contribution in [0.1, 0.15) is 59.3 Å². The van der Waals surface area contributed by atoms with E-state index >= 15 is 0 Å². The maximum atomic E-state index is 13.4. The van der Waals surface area contributed by atoms with Gasteiger partial charge in [0.1, 0.15) is 23.4 Å². The fraction of sp³-hybridized carbons (Fsp3) is 0.448. The molecule has 1 aliphatic carbocycles. The molecule has 206 valence electrons. The van der Waals surface area contributed by atoms with Crippen LogP contribution in [0.3, 0.4) is 0 Å². The number of aromatic nitrogens is 2. The number of terminal acetylenes is 1. The van der Waals surface area contributed by atoms with E-state index in [2.05, 4.69) is 32.6 Å². The van der Waals surface area contributed by atoms with Gasteiger partial charge in [0, 0.05) is 44.0 Å². The Morgan fingerprint density at radius 2 is 2.02 bits per heavy atom. The maximum Gasteiger partial charge on any atom is 0.328 e. The number of aryl methyl sites for hydroxylation is 1. The molecule has 1 saturated heterocycles. The number of nitrogens with zero attached hydrogens (tertiary/aromatic N) is 6. The molecule has 0 atom stereocenters. The third kappa shape index (κ3) is 5.47. The molecule has 2 fully saturated rings. The van der Waals surface area contributed by atoms with Gasteiger partial charge in [0.05, 0.1) is 23.3 Å². The first-order valence-electron chi connectivity index (χ1n) is 13.5. The average Bonchev–Trinajstić information content (AvgIpc) is 3.42. The number of hydrogen-bond acceptors (Lipinski definition) is 8. The van der Waals surface area contributed by atoms with Crippen LogP contribution in [0.5, 0.6) is 0 Å². The van der Waals surface area contributed by atoms with Crippen LogP contribution in [0.25, 0.3) is 0 Å². The summed E-state index contributed by atoms with van der Waals surface area (Å²) in [6.45, 7) is 2.40. The maximum absolute atomic E-state index is 13.4. The minimum Gasteiger partial charge on any atom is -0.368 e. The Balaban J connectivity index is 1.36. The molecule has 0 aromatic carbocycles. The summed E-state index contributed by atoms with van der Waals surface area (Å²) in [5, 5.41) is 15.8. The van der Waals surface area contributed by atoms with Crippen LogP contribution in [-0.2, 0) is 17.8 Å². The number of anilines is 3. The fourth-order valence-electron chi connectivity index (χ4n) is 5.62. The molecule has 2 N–H and O–H groups in total. The summed E-state index contributed by atoms with van der Waals surface area (Å²) in [4.78, 5) is 51.9. The second-order valence-electron chi connectivity index (χ2n) is 10.7. The van der Waals surface area contributed by atoms with Gasteiger partial charge in [-0.3, -0.25) is 24.7 Å². The number of hydrogen-bond donors (Lipinski definition) is 2. The van der Waals surface area contributed by atoms with Gasteiger partial charge in [-0.05, 0) is 57.2 Å². The smallest absolute Gasteiger partial charge is 0.328 e. The Kier molecular flexibility index (Phi) is 7.67. The van der Waals surface area contributed by atoms with Crippen molar-refractivity contribution in [2.24, 2.45) is 0 Å². The molecule has 2 aliphatic heterocycles. The first-order chi connectivity index (χ1) is 19.3. The number of piperazine rings is 1. The van der Waals surface area contributed by atoms with Crippen molar-refractivity contribution in [1.29, 1.82) is 5.26 Å². The van der Waals surface area contributed by atoms with E-state index in [9.17, 15) is 19.6 Å². The molecule has 2 aromatic heterocycles. The molecule has 11 nitrogen and oxygen atoms in total. The van der Waals surface area contributed by atoms with Gasteiger partial charge in [-0.25, -0.2) is 14.8 Å². The Hall–Kier alpha value is -4.48. The minimum atomic E-state index is -0.526. The van der Waals surface area contributed by atoms with Crippen LogP contribution in [0, 0.1) is 23.7 Å². The van der Waals surface area contributed by atoms with Crippen molar-refractivity contribution in [3.05, 3.63) is 40.7 Å². The zero-order valence-electron chi connectivity index (χ0n) is 22.6. The highest BCUT2D eigenvalue weighted by atomic mass is 16.2. The standard InChI is InChI=1S/C29H32N8O3/c1-3-29(8-4-5-9-29)34-23-14-25(31-16-22(23)15-30)33-28(40)37-10-6-7-20-13-21(24(19-38)32-27(20)37)17-36-12-11-35(2)18-26(36)39/h1,13-14,16,19H,4-12,17-18H2,2H3,(H2,31,33,34,40). The molecule has 5 rings (SSSR count).